The van der Waals surface area contributed by atoms with Gasteiger partial charge in [-0.2, -0.15) is 0 Å². The maximum Gasteiger partial charge on any atom is 0.457 e. The van der Waals surface area contributed by atoms with Gasteiger partial charge in [0, 0.05) is 24.2 Å². The molecule has 0 aromatic heterocycles. The summed E-state index contributed by atoms with van der Waals surface area (Å²) < 4.78 is 23.9. The molecule has 3 rings (SSSR count). The van der Waals surface area contributed by atoms with E-state index in [9.17, 15) is 4.79 Å². The van der Waals surface area contributed by atoms with E-state index in [4.69, 9.17) is 23.7 Å². The standard InChI is InChI=1S/C31H45B2NO5/c1-28(2,3)37-27(35)31(21-23-36-32,20-14-15-22-33-38-29(4,5)30(6,7)39-33)34-26(24-16-10-8-11-17-24)25-18-12-9-13-19-25/h8-13,16-19H,14-15,20-23,32H2,1-7H3. The number of aliphatic imine (C=N–C) groups is 1. The van der Waals surface area contributed by atoms with E-state index in [1.54, 1.807) is 8.05 Å². The summed E-state index contributed by atoms with van der Waals surface area (Å²) in [7, 11) is 1.38. The maximum absolute atomic E-state index is 14.0. The lowest BCUT2D eigenvalue weighted by molar-refractivity contribution is -0.162. The van der Waals surface area contributed by atoms with Crippen molar-refractivity contribution >= 4 is 26.8 Å². The van der Waals surface area contributed by atoms with E-state index in [0.717, 1.165) is 36.0 Å². The van der Waals surface area contributed by atoms with Crippen molar-refractivity contribution in [1.82, 2.24) is 0 Å². The van der Waals surface area contributed by atoms with Crippen LogP contribution in [0.3, 0.4) is 0 Å². The van der Waals surface area contributed by atoms with Crippen molar-refractivity contribution in [2.45, 2.75) is 103 Å². The number of nitrogens with zero attached hydrogens (tertiary/aromatic N) is 1. The van der Waals surface area contributed by atoms with Crippen molar-refractivity contribution < 1.29 is 23.5 Å². The van der Waals surface area contributed by atoms with Gasteiger partial charge in [-0.1, -0.05) is 73.5 Å². The highest BCUT2D eigenvalue weighted by atomic mass is 16.7. The molecule has 2 aromatic carbocycles. The van der Waals surface area contributed by atoms with Crippen molar-refractivity contribution in [2.75, 3.05) is 6.61 Å². The SMILES string of the molecule is BOCCC(CCCCB1OC(C)(C)C(C)(C)O1)(N=C(c1ccccc1)c1ccccc1)C(=O)OC(C)(C)C. The van der Waals surface area contributed by atoms with E-state index in [1.807, 2.05) is 81.4 Å². The highest BCUT2D eigenvalue weighted by Gasteiger charge is 2.50. The Morgan fingerprint density at radius 1 is 0.872 bits per heavy atom. The number of carbonyl (C=O) groups is 1. The highest BCUT2D eigenvalue weighted by molar-refractivity contribution is 6.45. The number of esters is 1. The Morgan fingerprint density at radius 3 is 1.85 bits per heavy atom. The van der Waals surface area contributed by atoms with Gasteiger partial charge in [-0.25, -0.2) is 4.79 Å². The van der Waals surface area contributed by atoms with Gasteiger partial charge in [0.1, 0.15) is 5.60 Å². The van der Waals surface area contributed by atoms with Crippen LogP contribution in [-0.2, 0) is 23.5 Å². The second-order valence-electron chi connectivity index (χ2n) is 12.4. The monoisotopic (exact) mass is 533 g/mol. The first kappa shape index (κ1) is 31.1. The number of unbranched alkanes of at least 4 members (excludes halogenated alkanes) is 1. The molecule has 8 heteroatoms. The summed E-state index contributed by atoms with van der Waals surface area (Å²) in [5, 5.41) is 0. The molecule has 0 spiro atoms. The second-order valence-corrected chi connectivity index (χ2v) is 12.4. The van der Waals surface area contributed by atoms with Crippen LogP contribution in [0.25, 0.3) is 0 Å². The topological polar surface area (TPSA) is 66.3 Å². The fourth-order valence-electron chi connectivity index (χ4n) is 4.64. The molecular weight excluding hydrogens is 488 g/mol. The average molecular weight is 533 g/mol. The van der Waals surface area contributed by atoms with Gasteiger partial charge in [0.15, 0.2) is 5.54 Å². The zero-order chi connectivity index (χ0) is 28.7. The van der Waals surface area contributed by atoms with Crippen LogP contribution in [0.2, 0.25) is 6.32 Å². The molecule has 0 bridgehead atoms. The summed E-state index contributed by atoms with van der Waals surface area (Å²) in [6.07, 6.45) is 3.27. The Hall–Kier alpha value is -2.41. The van der Waals surface area contributed by atoms with E-state index in [0.29, 0.717) is 19.4 Å². The van der Waals surface area contributed by atoms with Crippen LogP contribution in [0.1, 0.15) is 85.3 Å². The quantitative estimate of drug-likeness (QED) is 0.149. The van der Waals surface area contributed by atoms with Gasteiger partial charge >= 0.3 is 13.1 Å². The molecule has 1 aliphatic heterocycles. The zero-order valence-electron chi connectivity index (χ0n) is 25.1. The Bertz CT molecular complexity index is 1040. The minimum atomic E-state index is -1.11. The predicted octanol–water partition coefficient (Wildman–Crippen LogP) is 5.82. The number of carbonyl (C=O) groups excluding carboxylic acids is 1. The molecule has 0 amide bonds. The number of hydrogen-bond acceptors (Lipinski definition) is 6. The molecule has 6 nitrogen and oxygen atoms in total. The summed E-state index contributed by atoms with van der Waals surface area (Å²) >= 11 is 0. The van der Waals surface area contributed by atoms with E-state index in [1.165, 1.54) is 0 Å². The van der Waals surface area contributed by atoms with Crippen molar-refractivity contribution in [3.05, 3.63) is 71.8 Å². The molecule has 210 valence electrons. The van der Waals surface area contributed by atoms with Crippen LogP contribution >= 0.6 is 0 Å². The molecule has 1 fully saturated rings. The zero-order valence-corrected chi connectivity index (χ0v) is 25.1. The van der Waals surface area contributed by atoms with Gasteiger partial charge in [-0.15, -0.1) is 0 Å². The molecule has 0 saturated carbocycles. The van der Waals surface area contributed by atoms with Gasteiger partial charge in [-0.05, 0) is 61.2 Å². The molecule has 1 saturated heterocycles. The van der Waals surface area contributed by atoms with Gasteiger partial charge in [-0.3, -0.25) is 4.99 Å². The Balaban J connectivity index is 1.96. The molecular formula is C31H45B2NO5. The predicted molar refractivity (Wildman–Crippen MR) is 161 cm³/mol. The maximum atomic E-state index is 14.0. The molecule has 0 aliphatic carbocycles. The lowest BCUT2D eigenvalue weighted by atomic mass is 9.80. The Labute approximate surface area is 236 Å². The number of hydrogen-bond donors (Lipinski definition) is 0. The average Bonchev–Trinajstić information content (AvgIpc) is 3.08. The van der Waals surface area contributed by atoms with Crippen LogP contribution in [-0.4, -0.2) is 55.8 Å². The van der Waals surface area contributed by atoms with Crippen molar-refractivity contribution in [3.63, 3.8) is 0 Å². The molecule has 1 unspecified atom stereocenters. The normalized spacial score (nSPS) is 17.9. The fourth-order valence-corrected chi connectivity index (χ4v) is 4.64. The first-order valence-corrected chi connectivity index (χ1v) is 14.1. The molecule has 0 N–H and O–H groups in total. The minimum absolute atomic E-state index is 0.266. The summed E-state index contributed by atoms with van der Waals surface area (Å²) in [6, 6.07) is 20.0. The van der Waals surface area contributed by atoms with Gasteiger partial charge < -0.3 is 18.7 Å². The summed E-state index contributed by atoms with van der Waals surface area (Å²) in [6.45, 7) is 14.3. The fraction of sp³-hybridized carbons (Fsp3) is 0.548. The molecule has 1 heterocycles. The van der Waals surface area contributed by atoms with Gasteiger partial charge in [0.2, 0.25) is 0 Å². The number of ether oxygens (including phenoxy) is 1. The lowest BCUT2D eigenvalue weighted by Gasteiger charge is -2.32. The number of benzene rings is 2. The molecule has 0 radical (unpaired) electrons. The van der Waals surface area contributed by atoms with Crippen LogP contribution < -0.4 is 0 Å². The second kappa shape index (κ2) is 12.8. The third-order valence-electron chi connectivity index (χ3n) is 7.50. The van der Waals surface area contributed by atoms with Gasteiger partial charge in [0.05, 0.1) is 16.9 Å². The van der Waals surface area contributed by atoms with E-state index in [-0.39, 0.29) is 24.3 Å². The van der Waals surface area contributed by atoms with E-state index >= 15 is 0 Å². The van der Waals surface area contributed by atoms with Crippen molar-refractivity contribution in [2.24, 2.45) is 4.99 Å². The lowest BCUT2D eigenvalue weighted by Crippen LogP contribution is -2.44. The van der Waals surface area contributed by atoms with Crippen molar-refractivity contribution in [1.29, 1.82) is 0 Å². The summed E-state index contributed by atoms with van der Waals surface area (Å²) in [5.41, 5.74) is 0.191. The Kier molecular flexibility index (Phi) is 10.2. The Morgan fingerprint density at radius 2 is 1.38 bits per heavy atom. The minimum Gasteiger partial charge on any atom is -0.458 e. The van der Waals surface area contributed by atoms with Crippen LogP contribution in [0, 0.1) is 0 Å². The molecule has 39 heavy (non-hydrogen) atoms. The van der Waals surface area contributed by atoms with Gasteiger partial charge in [0.25, 0.3) is 8.05 Å². The highest BCUT2D eigenvalue weighted by Crippen LogP contribution is 2.38. The largest absolute Gasteiger partial charge is 0.458 e. The summed E-state index contributed by atoms with van der Waals surface area (Å²) in [5.74, 6) is -0.327. The van der Waals surface area contributed by atoms with Crippen LogP contribution in [0.5, 0.6) is 0 Å². The molecule has 2 aromatic rings. The molecule has 1 aliphatic rings. The van der Waals surface area contributed by atoms with Crippen molar-refractivity contribution in [3.8, 4) is 0 Å². The first-order valence-electron chi connectivity index (χ1n) is 14.1. The number of rotatable bonds is 12. The smallest absolute Gasteiger partial charge is 0.457 e. The van der Waals surface area contributed by atoms with Crippen LogP contribution in [0.4, 0.5) is 0 Å². The third kappa shape index (κ3) is 8.29. The third-order valence-corrected chi connectivity index (χ3v) is 7.50. The summed E-state index contributed by atoms with van der Waals surface area (Å²) in [4.78, 5) is 19.3. The van der Waals surface area contributed by atoms with Crippen LogP contribution in [0.15, 0.2) is 65.7 Å². The first-order chi connectivity index (χ1) is 18.3. The molecule has 1 atom stereocenters. The van der Waals surface area contributed by atoms with E-state index in [2.05, 4.69) is 27.7 Å². The van der Waals surface area contributed by atoms with E-state index < -0.39 is 11.1 Å².